The highest BCUT2D eigenvalue weighted by molar-refractivity contribution is 7.99. The van der Waals surface area contributed by atoms with Crippen LogP contribution in [0.3, 0.4) is 0 Å². The second-order valence-electron chi connectivity index (χ2n) is 5.25. The van der Waals surface area contributed by atoms with Gasteiger partial charge in [0.2, 0.25) is 0 Å². The number of ether oxygens (including phenoxy) is 1. The minimum absolute atomic E-state index is 0.337. The molecule has 19 heavy (non-hydrogen) atoms. The SMILES string of the molecule is OC(COCc1ccccc1)CSC1CCCCC1. The van der Waals surface area contributed by atoms with Gasteiger partial charge in [0, 0.05) is 11.0 Å². The first-order chi connectivity index (χ1) is 9.34. The van der Waals surface area contributed by atoms with E-state index in [2.05, 4.69) is 0 Å². The number of hydrogen-bond acceptors (Lipinski definition) is 3. The number of hydrogen-bond donors (Lipinski definition) is 1. The topological polar surface area (TPSA) is 29.5 Å². The lowest BCUT2D eigenvalue weighted by Crippen LogP contribution is -2.20. The summed E-state index contributed by atoms with van der Waals surface area (Å²) in [7, 11) is 0. The van der Waals surface area contributed by atoms with Crippen molar-refractivity contribution in [3.63, 3.8) is 0 Å². The molecule has 0 radical (unpaired) electrons. The van der Waals surface area contributed by atoms with Crippen LogP contribution in [0.1, 0.15) is 37.7 Å². The lowest BCUT2D eigenvalue weighted by atomic mass is 10.0. The summed E-state index contributed by atoms with van der Waals surface area (Å²) in [4.78, 5) is 0. The van der Waals surface area contributed by atoms with Crippen LogP contribution in [-0.4, -0.2) is 28.8 Å². The van der Waals surface area contributed by atoms with Gasteiger partial charge in [0.25, 0.3) is 0 Å². The summed E-state index contributed by atoms with van der Waals surface area (Å²) >= 11 is 1.92. The second-order valence-corrected chi connectivity index (χ2v) is 6.58. The zero-order valence-electron chi connectivity index (χ0n) is 11.5. The van der Waals surface area contributed by atoms with Crippen LogP contribution in [0.25, 0.3) is 0 Å². The molecular formula is C16H24O2S. The largest absolute Gasteiger partial charge is 0.390 e. The van der Waals surface area contributed by atoms with Crippen LogP contribution in [0.2, 0.25) is 0 Å². The van der Waals surface area contributed by atoms with Crippen molar-refractivity contribution in [1.29, 1.82) is 0 Å². The molecule has 0 saturated heterocycles. The van der Waals surface area contributed by atoms with E-state index in [1.807, 2.05) is 42.1 Å². The van der Waals surface area contributed by atoms with Crippen LogP contribution in [0.15, 0.2) is 30.3 Å². The predicted molar refractivity (Wildman–Crippen MR) is 81.4 cm³/mol. The number of aliphatic hydroxyl groups is 1. The van der Waals surface area contributed by atoms with Gasteiger partial charge in [-0.15, -0.1) is 0 Å². The molecule has 1 unspecified atom stereocenters. The molecule has 0 spiro atoms. The maximum absolute atomic E-state index is 9.91. The molecular weight excluding hydrogens is 256 g/mol. The Morgan fingerprint density at radius 3 is 2.63 bits per heavy atom. The van der Waals surface area contributed by atoms with Crippen molar-refractivity contribution < 1.29 is 9.84 Å². The zero-order valence-corrected chi connectivity index (χ0v) is 12.3. The van der Waals surface area contributed by atoms with Gasteiger partial charge in [-0.3, -0.25) is 0 Å². The molecule has 0 aromatic heterocycles. The van der Waals surface area contributed by atoms with Gasteiger partial charge >= 0.3 is 0 Å². The van der Waals surface area contributed by atoms with Gasteiger partial charge in [0.1, 0.15) is 0 Å². The average molecular weight is 280 g/mol. The third-order valence-corrected chi connectivity index (χ3v) is 5.02. The summed E-state index contributed by atoms with van der Waals surface area (Å²) in [5, 5.41) is 10.7. The Kier molecular flexibility index (Phi) is 6.75. The molecule has 1 atom stereocenters. The van der Waals surface area contributed by atoms with E-state index in [1.54, 1.807) is 0 Å². The number of rotatable bonds is 7. The minimum atomic E-state index is -0.337. The van der Waals surface area contributed by atoms with Gasteiger partial charge in [-0.25, -0.2) is 0 Å². The van der Waals surface area contributed by atoms with Crippen molar-refractivity contribution in [3.05, 3.63) is 35.9 Å². The first kappa shape index (κ1) is 14.9. The quantitative estimate of drug-likeness (QED) is 0.827. The molecule has 1 fully saturated rings. The van der Waals surface area contributed by atoms with E-state index in [1.165, 1.54) is 32.1 Å². The van der Waals surface area contributed by atoms with Crippen molar-refractivity contribution in [2.24, 2.45) is 0 Å². The number of benzene rings is 1. The van der Waals surface area contributed by atoms with E-state index in [0.717, 1.165) is 16.6 Å². The third-order valence-electron chi connectivity index (χ3n) is 3.50. The first-order valence-electron chi connectivity index (χ1n) is 7.26. The highest BCUT2D eigenvalue weighted by Crippen LogP contribution is 2.28. The van der Waals surface area contributed by atoms with E-state index in [4.69, 9.17) is 4.74 Å². The highest BCUT2D eigenvalue weighted by atomic mass is 32.2. The van der Waals surface area contributed by atoms with Gasteiger partial charge in [-0.1, -0.05) is 49.6 Å². The molecule has 1 aromatic carbocycles. The lowest BCUT2D eigenvalue weighted by Gasteiger charge is -2.22. The molecule has 3 heteroatoms. The maximum atomic E-state index is 9.91. The van der Waals surface area contributed by atoms with Gasteiger partial charge in [0.15, 0.2) is 0 Å². The van der Waals surface area contributed by atoms with Crippen LogP contribution in [0.5, 0.6) is 0 Å². The lowest BCUT2D eigenvalue weighted by molar-refractivity contribution is 0.0397. The third kappa shape index (κ3) is 5.98. The van der Waals surface area contributed by atoms with Crippen molar-refractivity contribution in [1.82, 2.24) is 0 Å². The van der Waals surface area contributed by atoms with Crippen molar-refractivity contribution in [3.8, 4) is 0 Å². The smallest absolute Gasteiger partial charge is 0.0864 e. The predicted octanol–water partition coefficient (Wildman–Crippen LogP) is 3.63. The average Bonchev–Trinajstić information content (AvgIpc) is 2.47. The molecule has 1 aliphatic carbocycles. The highest BCUT2D eigenvalue weighted by Gasteiger charge is 2.15. The molecule has 1 aromatic rings. The molecule has 0 bridgehead atoms. The van der Waals surface area contributed by atoms with E-state index < -0.39 is 0 Å². The standard InChI is InChI=1S/C16H24O2S/c17-15(13-19-16-9-5-2-6-10-16)12-18-11-14-7-3-1-4-8-14/h1,3-4,7-8,15-17H,2,5-6,9-13H2. The van der Waals surface area contributed by atoms with Crippen molar-refractivity contribution in [2.75, 3.05) is 12.4 Å². The second kappa shape index (κ2) is 8.62. The Morgan fingerprint density at radius 1 is 1.16 bits per heavy atom. The fraction of sp³-hybridized carbons (Fsp3) is 0.625. The van der Waals surface area contributed by atoms with Gasteiger partial charge in [0.05, 0.1) is 19.3 Å². The van der Waals surface area contributed by atoms with Crippen LogP contribution in [0.4, 0.5) is 0 Å². The normalized spacial score (nSPS) is 18.4. The Hall–Kier alpha value is -0.510. The minimum Gasteiger partial charge on any atom is -0.390 e. The fourth-order valence-electron chi connectivity index (χ4n) is 2.41. The van der Waals surface area contributed by atoms with Crippen molar-refractivity contribution >= 4 is 11.8 Å². The molecule has 2 nitrogen and oxygen atoms in total. The Bertz CT molecular complexity index is 336. The number of aliphatic hydroxyl groups excluding tert-OH is 1. The molecule has 1 saturated carbocycles. The van der Waals surface area contributed by atoms with Gasteiger partial charge in [-0.05, 0) is 18.4 Å². The molecule has 1 N–H and O–H groups in total. The van der Waals surface area contributed by atoms with Crippen LogP contribution in [0, 0.1) is 0 Å². The number of thioether (sulfide) groups is 1. The molecule has 106 valence electrons. The molecule has 2 rings (SSSR count). The van der Waals surface area contributed by atoms with Crippen LogP contribution < -0.4 is 0 Å². The summed E-state index contributed by atoms with van der Waals surface area (Å²) in [5.41, 5.74) is 1.16. The Labute approximate surface area is 120 Å². The summed E-state index contributed by atoms with van der Waals surface area (Å²) in [6, 6.07) is 10.1. The van der Waals surface area contributed by atoms with E-state index in [9.17, 15) is 5.11 Å². The fourth-order valence-corrected chi connectivity index (χ4v) is 3.67. The van der Waals surface area contributed by atoms with Gasteiger partial charge < -0.3 is 9.84 Å². The maximum Gasteiger partial charge on any atom is 0.0864 e. The summed E-state index contributed by atoms with van der Waals surface area (Å²) in [6.07, 6.45) is 6.41. The van der Waals surface area contributed by atoms with Crippen molar-refractivity contribution in [2.45, 2.75) is 50.1 Å². The van der Waals surface area contributed by atoms with E-state index in [0.29, 0.717) is 13.2 Å². The van der Waals surface area contributed by atoms with Crippen LogP contribution in [-0.2, 0) is 11.3 Å². The monoisotopic (exact) mass is 280 g/mol. The first-order valence-corrected chi connectivity index (χ1v) is 8.31. The zero-order chi connectivity index (χ0) is 13.3. The van der Waals surface area contributed by atoms with Crippen LogP contribution >= 0.6 is 11.8 Å². The molecule has 0 heterocycles. The Morgan fingerprint density at radius 2 is 1.89 bits per heavy atom. The molecule has 0 aliphatic heterocycles. The van der Waals surface area contributed by atoms with E-state index >= 15 is 0 Å². The Balaban J connectivity index is 1.55. The molecule has 0 amide bonds. The summed E-state index contributed by atoms with van der Waals surface area (Å²) in [6.45, 7) is 1.03. The van der Waals surface area contributed by atoms with Gasteiger partial charge in [-0.2, -0.15) is 11.8 Å². The molecule has 1 aliphatic rings. The summed E-state index contributed by atoms with van der Waals surface area (Å²) in [5.74, 6) is 0.805. The summed E-state index contributed by atoms with van der Waals surface area (Å²) < 4.78 is 5.56. The van der Waals surface area contributed by atoms with E-state index in [-0.39, 0.29) is 6.10 Å².